The standard InChI is InChI=1S/C9H7NO4/c11-6-4-7-8(10(12)13)2-1-3-9(7)14-5-6/h1-3H,4-5H2. The maximum Gasteiger partial charge on any atom is 0.276 e. The Balaban J connectivity index is 2.54. The number of fused-ring (bicyclic) bond motifs is 1. The van der Waals surface area contributed by atoms with E-state index in [-0.39, 0.29) is 24.5 Å². The van der Waals surface area contributed by atoms with Crippen LogP contribution in [0, 0.1) is 10.1 Å². The lowest BCUT2D eigenvalue weighted by Gasteiger charge is -2.15. The molecule has 0 saturated heterocycles. The zero-order valence-electron chi connectivity index (χ0n) is 7.23. The number of carbonyl (C=O) groups is 1. The number of benzene rings is 1. The van der Waals surface area contributed by atoms with Crippen LogP contribution in [-0.4, -0.2) is 17.3 Å². The maximum absolute atomic E-state index is 11.1. The molecule has 0 saturated carbocycles. The van der Waals surface area contributed by atoms with Crippen molar-refractivity contribution in [3.8, 4) is 5.75 Å². The minimum absolute atomic E-state index is 0.00810. The second-order valence-electron chi connectivity index (χ2n) is 3.02. The molecule has 0 fully saturated rings. The Kier molecular flexibility index (Phi) is 1.92. The van der Waals surface area contributed by atoms with Gasteiger partial charge in [-0.3, -0.25) is 14.9 Å². The van der Waals surface area contributed by atoms with Crippen LogP contribution in [-0.2, 0) is 11.2 Å². The molecule has 5 heteroatoms. The van der Waals surface area contributed by atoms with Gasteiger partial charge in [0.15, 0.2) is 5.78 Å². The molecule has 0 unspecified atom stereocenters. The smallest absolute Gasteiger partial charge is 0.276 e. The van der Waals surface area contributed by atoms with Gasteiger partial charge in [-0.15, -0.1) is 0 Å². The number of hydrogen-bond donors (Lipinski definition) is 0. The summed E-state index contributed by atoms with van der Waals surface area (Å²) in [7, 11) is 0. The molecule has 0 spiro atoms. The summed E-state index contributed by atoms with van der Waals surface area (Å²) in [5.74, 6) is 0.311. The zero-order valence-corrected chi connectivity index (χ0v) is 7.23. The Hall–Kier alpha value is -1.91. The molecule has 14 heavy (non-hydrogen) atoms. The summed E-state index contributed by atoms with van der Waals surface area (Å²) in [5.41, 5.74) is 0.337. The van der Waals surface area contributed by atoms with Gasteiger partial charge in [0.1, 0.15) is 12.4 Å². The summed E-state index contributed by atoms with van der Waals surface area (Å²) in [6.45, 7) is 0.00810. The van der Waals surface area contributed by atoms with Crippen molar-refractivity contribution < 1.29 is 14.5 Å². The normalized spacial score (nSPS) is 14.4. The first kappa shape index (κ1) is 8.68. The van der Waals surface area contributed by atoms with Crippen LogP contribution < -0.4 is 4.74 Å². The number of ether oxygens (including phenoxy) is 1. The van der Waals surface area contributed by atoms with Gasteiger partial charge in [-0.1, -0.05) is 6.07 Å². The van der Waals surface area contributed by atoms with Crippen LogP contribution >= 0.6 is 0 Å². The maximum atomic E-state index is 11.1. The monoisotopic (exact) mass is 193 g/mol. The molecule has 1 aromatic carbocycles. The highest BCUT2D eigenvalue weighted by atomic mass is 16.6. The van der Waals surface area contributed by atoms with Crippen molar-refractivity contribution in [2.75, 3.05) is 6.61 Å². The van der Waals surface area contributed by atoms with Crippen molar-refractivity contribution in [1.29, 1.82) is 0 Å². The topological polar surface area (TPSA) is 69.4 Å². The Morgan fingerprint density at radius 3 is 2.93 bits per heavy atom. The van der Waals surface area contributed by atoms with Gasteiger partial charge in [0.2, 0.25) is 0 Å². The van der Waals surface area contributed by atoms with E-state index >= 15 is 0 Å². The number of carbonyl (C=O) groups excluding carboxylic acids is 1. The van der Waals surface area contributed by atoms with E-state index in [1.807, 2.05) is 0 Å². The summed E-state index contributed by atoms with van der Waals surface area (Å²) < 4.78 is 5.07. The fraction of sp³-hybridized carbons (Fsp3) is 0.222. The summed E-state index contributed by atoms with van der Waals surface area (Å²) in [5, 5.41) is 10.6. The average molecular weight is 193 g/mol. The minimum atomic E-state index is -0.499. The van der Waals surface area contributed by atoms with Crippen molar-refractivity contribution >= 4 is 11.5 Å². The number of Topliss-reactive ketones (excluding diaryl/α,β-unsaturated/α-hetero) is 1. The van der Waals surface area contributed by atoms with Gasteiger partial charge in [-0.05, 0) is 6.07 Å². The molecule has 2 rings (SSSR count). The molecule has 1 aliphatic heterocycles. The van der Waals surface area contributed by atoms with Gasteiger partial charge in [0.25, 0.3) is 5.69 Å². The van der Waals surface area contributed by atoms with E-state index in [9.17, 15) is 14.9 Å². The molecule has 0 aromatic heterocycles. The summed E-state index contributed by atoms with van der Waals surface area (Å²) in [6.07, 6.45) is 0.0898. The summed E-state index contributed by atoms with van der Waals surface area (Å²) in [4.78, 5) is 21.2. The largest absolute Gasteiger partial charge is 0.485 e. The fourth-order valence-electron chi connectivity index (χ4n) is 1.44. The number of nitrogens with zero attached hydrogens (tertiary/aromatic N) is 1. The van der Waals surface area contributed by atoms with Gasteiger partial charge in [-0.25, -0.2) is 0 Å². The van der Waals surface area contributed by atoms with Crippen molar-refractivity contribution in [2.24, 2.45) is 0 Å². The highest BCUT2D eigenvalue weighted by Crippen LogP contribution is 2.31. The van der Waals surface area contributed by atoms with E-state index in [0.717, 1.165) is 0 Å². The van der Waals surface area contributed by atoms with E-state index in [1.54, 1.807) is 12.1 Å². The van der Waals surface area contributed by atoms with Gasteiger partial charge in [-0.2, -0.15) is 0 Å². The Morgan fingerprint density at radius 2 is 2.21 bits per heavy atom. The fourth-order valence-corrected chi connectivity index (χ4v) is 1.44. The van der Waals surface area contributed by atoms with E-state index in [1.165, 1.54) is 6.07 Å². The zero-order chi connectivity index (χ0) is 10.1. The van der Waals surface area contributed by atoms with E-state index < -0.39 is 4.92 Å². The minimum Gasteiger partial charge on any atom is -0.485 e. The van der Waals surface area contributed by atoms with Crippen LogP contribution in [0.3, 0.4) is 0 Å². The predicted octanol–water partition coefficient (Wildman–Crippen LogP) is 1.10. The van der Waals surface area contributed by atoms with E-state index in [0.29, 0.717) is 11.3 Å². The summed E-state index contributed by atoms with van der Waals surface area (Å²) in [6, 6.07) is 4.56. The predicted molar refractivity (Wildman–Crippen MR) is 47.3 cm³/mol. The van der Waals surface area contributed by atoms with Gasteiger partial charge < -0.3 is 4.74 Å². The molecule has 1 aromatic rings. The number of nitro groups is 1. The first-order valence-electron chi connectivity index (χ1n) is 4.09. The molecule has 0 amide bonds. The molecule has 5 nitrogen and oxygen atoms in total. The molecular weight excluding hydrogens is 186 g/mol. The van der Waals surface area contributed by atoms with Gasteiger partial charge in [0, 0.05) is 12.5 Å². The second-order valence-corrected chi connectivity index (χ2v) is 3.02. The molecule has 1 aliphatic rings. The molecular formula is C9H7NO4. The quantitative estimate of drug-likeness (QED) is 0.494. The molecule has 1 heterocycles. The first-order chi connectivity index (χ1) is 6.68. The van der Waals surface area contributed by atoms with Crippen LogP contribution in [0.4, 0.5) is 5.69 Å². The number of hydrogen-bond acceptors (Lipinski definition) is 4. The lowest BCUT2D eigenvalue weighted by molar-refractivity contribution is -0.385. The molecule has 0 aliphatic carbocycles. The number of ketones is 1. The molecule has 0 radical (unpaired) electrons. The number of nitro benzene ring substituents is 1. The lowest BCUT2D eigenvalue weighted by atomic mass is 10.0. The number of rotatable bonds is 1. The van der Waals surface area contributed by atoms with Crippen molar-refractivity contribution in [3.63, 3.8) is 0 Å². The Labute approximate surface area is 79.4 Å². The third kappa shape index (κ3) is 1.32. The highest BCUT2D eigenvalue weighted by Gasteiger charge is 2.24. The van der Waals surface area contributed by atoms with Crippen molar-refractivity contribution in [2.45, 2.75) is 6.42 Å². The van der Waals surface area contributed by atoms with Crippen LogP contribution in [0.15, 0.2) is 18.2 Å². The third-order valence-corrected chi connectivity index (χ3v) is 2.07. The Bertz CT molecular complexity index is 413. The van der Waals surface area contributed by atoms with Gasteiger partial charge >= 0.3 is 0 Å². The third-order valence-electron chi connectivity index (χ3n) is 2.07. The molecule has 0 N–H and O–H groups in total. The second kappa shape index (κ2) is 3.10. The van der Waals surface area contributed by atoms with Crippen molar-refractivity contribution in [1.82, 2.24) is 0 Å². The van der Waals surface area contributed by atoms with E-state index in [4.69, 9.17) is 4.74 Å². The molecule has 72 valence electrons. The van der Waals surface area contributed by atoms with Gasteiger partial charge in [0.05, 0.1) is 10.5 Å². The lowest BCUT2D eigenvalue weighted by Crippen LogP contribution is -2.20. The van der Waals surface area contributed by atoms with E-state index in [2.05, 4.69) is 0 Å². The highest BCUT2D eigenvalue weighted by molar-refractivity contribution is 5.85. The average Bonchev–Trinajstić information content (AvgIpc) is 2.16. The Morgan fingerprint density at radius 1 is 1.43 bits per heavy atom. The van der Waals surface area contributed by atoms with Crippen LogP contribution in [0.5, 0.6) is 5.75 Å². The van der Waals surface area contributed by atoms with Crippen LogP contribution in [0.25, 0.3) is 0 Å². The van der Waals surface area contributed by atoms with Crippen LogP contribution in [0.2, 0.25) is 0 Å². The first-order valence-corrected chi connectivity index (χ1v) is 4.09. The van der Waals surface area contributed by atoms with Crippen LogP contribution in [0.1, 0.15) is 5.56 Å². The molecule has 0 atom stereocenters. The molecule has 0 bridgehead atoms. The van der Waals surface area contributed by atoms with Crippen molar-refractivity contribution in [3.05, 3.63) is 33.9 Å². The summed E-state index contributed by atoms with van der Waals surface area (Å²) >= 11 is 0. The SMILES string of the molecule is O=C1COc2cccc([N+](=O)[O-])c2C1.